The maximum absolute atomic E-state index is 9.00. The first-order valence-electron chi connectivity index (χ1n) is 6.39. The Bertz CT molecular complexity index is 414. The molecule has 0 spiro atoms. The third-order valence-electron chi connectivity index (χ3n) is 3.97. The Hall–Kier alpha value is -1.56. The molecule has 0 saturated heterocycles. The number of nitriles is 1. The highest BCUT2D eigenvalue weighted by Gasteiger charge is 2.31. The number of nitrogens with one attached hydrogen (secondary N) is 1. The SMILES string of the molecule is CCC1(CNc2ncccc2C#N)CCCC1. The topological polar surface area (TPSA) is 48.7 Å². The summed E-state index contributed by atoms with van der Waals surface area (Å²) in [6.07, 6.45) is 8.20. The van der Waals surface area contributed by atoms with Gasteiger partial charge in [-0.2, -0.15) is 5.26 Å². The molecule has 1 heterocycles. The number of hydrogen-bond acceptors (Lipinski definition) is 3. The largest absolute Gasteiger partial charge is 0.368 e. The number of pyridine rings is 1. The van der Waals surface area contributed by atoms with Gasteiger partial charge in [0, 0.05) is 12.7 Å². The zero-order chi connectivity index (χ0) is 12.1. The highest BCUT2D eigenvalue weighted by Crippen LogP contribution is 2.40. The van der Waals surface area contributed by atoms with Crippen LogP contribution in [-0.2, 0) is 0 Å². The minimum absolute atomic E-state index is 0.421. The summed E-state index contributed by atoms with van der Waals surface area (Å²) in [5.74, 6) is 0.731. The van der Waals surface area contributed by atoms with Crippen LogP contribution in [0.1, 0.15) is 44.6 Å². The van der Waals surface area contributed by atoms with E-state index in [9.17, 15) is 0 Å². The minimum atomic E-state index is 0.421. The second kappa shape index (κ2) is 5.18. The molecule has 17 heavy (non-hydrogen) atoms. The van der Waals surface area contributed by atoms with Gasteiger partial charge in [0.1, 0.15) is 11.9 Å². The normalized spacial score (nSPS) is 17.6. The van der Waals surface area contributed by atoms with Gasteiger partial charge in [0.15, 0.2) is 0 Å². The Balaban J connectivity index is 2.04. The van der Waals surface area contributed by atoms with Gasteiger partial charge >= 0.3 is 0 Å². The Kier molecular flexibility index (Phi) is 3.63. The number of hydrogen-bond donors (Lipinski definition) is 1. The highest BCUT2D eigenvalue weighted by atomic mass is 15.0. The van der Waals surface area contributed by atoms with E-state index >= 15 is 0 Å². The molecule has 0 atom stereocenters. The van der Waals surface area contributed by atoms with Crippen LogP contribution in [0.2, 0.25) is 0 Å². The summed E-state index contributed by atoms with van der Waals surface area (Å²) in [7, 11) is 0. The van der Waals surface area contributed by atoms with Gasteiger partial charge in [-0.1, -0.05) is 19.8 Å². The van der Waals surface area contributed by atoms with E-state index in [-0.39, 0.29) is 0 Å². The first-order valence-corrected chi connectivity index (χ1v) is 6.39. The van der Waals surface area contributed by atoms with Gasteiger partial charge in [-0.25, -0.2) is 4.98 Å². The number of nitrogens with zero attached hydrogens (tertiary/aromatic N) is 2. The van der Waals surface area contributed by atoms with Crippen LogP contribution >= 0.6 is 0 Å². The van der Waals surface area contributed by atoms with E-state index in [2.05, 4.69) is 23.3 Å². The van der Waals surface area contributed by atoms with Crippen molar-refractivity contribution in [1.82, 2.24) is 4.98 Å². The zero-order valence-electron chi connectivity index (χ0n) is 10.4. The summed E-state index contributed by atoms with van der Waals surface area (Å²) in [6.45, 7) is 3.20. The lowest BCUT2D eigenvalue weighted by Crippen LogP contribution is -2.26. The van der Waals surface area contributed by atoms with Crippen molar-refractivity contribution in [2.75, 3.05) is 11.9 Å². The molecule has 1 aliphatic rings. The van der Waals surface area contributed by atoms with Crippen molar-refractivity contribution in [2.24, 2.45) is 5.41 Å². The van der Waals surface area contributed by atoms with Crippen molar-refractivity contribution in [3.63, 3.8) is 0 Å². The molecule has 3 heteroatoms. The monoisotopic (exact) mass is 229 g/mol. The Morgan fingerprint density at radius 3 is 2.88 bits per heavy atom. The van der Waals surface area contributed by atoms with Crippen molar-refractivity contribution >= 4 is 5.82 Å². The van der Waals surface area contributed by atoms with Crippen molar-refractivity contribution < 1.29 is 0 Å². The number of rotatable bonds is 4. The summed E-state index contributed by atoms with van der Waals surface area (Å²) in [5, 5.41) is 12.4. The van der Waals surface area contributed by atoms with Crippen molar-refractivity contribution in [2.45, 2.75) is 39.0 Å². The second-order valence-electron chi connectivity index (χ2n) is 4.93. The molecule has 0 aromatic carbocycles. The summed E-state index contributed by atoms with van der Waals surface area (Å²) in [6, 6.07) is 5.79. The van der Waals surface area contributed by atoms with Crippen LogP contribution in [-0.4, -0.2) is 11.5 Å². The van der Waals surface area contributed by atoms with E-state index in [1.807, 2.05) is 6.07 Å². The van der Waals surface area contributed by atoms with Crippen LogP contribution in [0.25, 0.3) is 0 Å². The van der Waals surface area contributed by atoms with Crippen LogP contribution < -0.4 is 5.32 Å². The smallest absolute Gasteiger partial charge is 0.143 e. The zero-order valence-corrected chi connectivity index (χ0v) is 10.4. The predicted octanol–water partition coefficient (Wildman–Crippen LogP) is 3.34. The lowest BCUT2D eigenvalue weighted by Gasteiger charge is -2.28. The van der Waals surface area contributed by atoms with Crippen LogP contribution in [0.5, 0.6) is 0 Å². The van der Waals surface area contributed by atoms with Gasteiger partial charge in [0.25, 0.3) is 0 Å². The lowest BCUT2D eigenvalue weighted by atomic mass is 9.83. The molecule has 1 aromatic heterocycles. The Labute approximate surface area is 103 Å². The Morgan fingerprint density at radius 1 is 1.47 bits per heavy atom. The molecule has 1 fully saturated rings. The Morgan fingerprint density at radius 2 is 2.24 bits per heavy atom. The van der Waals surface area contributed by atoms with E-state index in [1.165, 1.54) is 32.1 Å². The maximum atomic E-state index is 9.00. The van der Waals surface area contributed by atoms with Gasteiger partial charge in [-0.15, -0.1) is 0 Å². The molecule has 0 bridgehead atoms. The fourth-order valence-corrected chi connectivity index (χ4v) is 2.69. The molecule has 0 unspecified atom stereocenters. The molecule has 1 N–H and O–H groups in total. The fraction of sp³-hybridized carbons (Fsp3) is 0.571. The summed E-state index contributed by atoms with van der Waals surface area (Å²) in [4.78, 5) is 4.24. The molecule has 3 nitrogen and oxygen atoms in total. The average molecular weight is 229 g/mol. The quantitative estimate of drug-likeness (QED) is 0.861. The predicted molar refractivity (Wildman–Crippen MR) is 68.6 cm³/mol. The standard InChI is InChI=1S/C14H19N3/c1-2-14(7-3-4-8-14)11-17-13-12(10-15)6-5-9-16-13/h5-6,9H,2-4,7-8,11H2,1H3,(H,16,17). The lowest BCUT2D eigenvalue weighted by molar-refractivity contribution is 0.306. The molecule has 1 aromatic rings. The van der Waals surface area contributed by atoms with Gasteiger partial charge in [-0.3, -0.25) is 0 Å². The molecule has 1 saturated carbocycles. The van der Waals surface area contributed by atoms with Crippen LogP contribution in [0.15, 0.2) is 18.3 Å². The van der Waals surface area contributed by atoms with Crippen LogP contribution in [0.3, 0.4) is 0 Å². The molecule has 2 rings (SSSR count). The number of aromatic nitrogens is 1. The third-order valence-corrected chi connectivity index (χ3v) is 3.97. The van der Waals surface area contributed by atoms with Crippen molar-refractivity contribution in [1.29, 1.82) is 5.26 Å². The maximum Gasteiger partial charge on any atom is 0.143 e. The van der Waals surface area contributed by atoms with Gasteiger partial charge in [0.05, 0.1) is 5.56 Å². The van der Waals surface area contributed by atoms with Crippen molar-refractivity contribution in [3.8, 4) is 6.07 Å². The summed E-state index contributed by atoms with van der Waals surface area (Å²) < 4.78 is 0. The molecule has 0 aliphatic heterocycles. The van der Waals surface area contributed by atoms with Gasteiger partial charge in [-0.05, 0) is 36.8 Å². The first kappa shape index (κ1) is 11.9. The van der Waals surface area contributed by atoms with Gasteiger partial charge < -0.3 is 5.32 Å². The molecular weight excluding hydrogens is 210 g/mol. The average Bonchev–Trinajstić information content (AvgIpc) is 2.86. The fourth-order valence-electron chi connectivity index (χ4n) is 2.69. The van der Waals surface area contributed by atoms with Crippen LogP contribution in [0, 0.1) is 16.7 Å². The second-order valence-corrected chi connectivity index (χ2v) is 4.93. The van der Waals surface area contributed by atoms with E-state index in [0.29, 0.717) is 11.0 Å². The van der Waals surface area contributed by atoms with E-state index in [0.717, 1.165) is 12.4 Å². The molecule has 0 radical (unpaired) electrons. The summed E-state index contributed by atoms with van der Waals surface area (Å²) in [5.41, 5.74) is 1.06. The highest BCUT2D eigenvalue weighted by molar-refractivity contribution is 5.51. The minimum Gasteiger partial charge on any atom is -0.368 e. The summed E-state index contributed by atoms with van der Waals surface area (Å²) >= 11 is 0. The van der Waals surface area contributed by atoms with Gasteiger partial charge in [0.2, 0.25) is 0 Å². The van der Waals surface area contributed by atoms with Crippen LogP contribution in [0.4, 0.5) is 5.82 Å². The van der Waals surface area contributed by atoms with E-state index < -0.39 is 0 Å². The number of anilines is 1. The molecule has 90 valence electrons. The van der Waals surface area contributed by atoms with E-state index in [4.69, 9.17) is 5.26 Å². The van der Waals surface area contributed by atoms with E-state index in [1.54, 1.807) is 12.3 Å². The molecule has 1 aliphatic carbocycles. The molecule has 0 amide bonds. The molecular formula is C14H19N3. The van der Waals surface area contributed by atoms with Crippen molar-refractivity contribution in [3.05, 3.63) is 23.9 Å². The third kappa shape index (κ3) is 2.58. The first-order chi connectivity index (χ1) is 8.29.